The molecule has 28 heavy (non-hydrogen) atoms. The molecule has 3 heteroatoms. The summed E-state index contributed by atoms with van der Waals surface area (Å²) >= 11 is 0. The first-order valence-corrected chi connectivity index (χ1v) is 13.2. The lowest BCUT2D eigenvalue weighted by atomic mass is 9.92. The molecule has 0 radical (unpaired) electrons. The molecule has 0 bridgehead atoms. The Labute approximate surface area is 175 Å². The van der Waals surface area contributed by atoms with Gasteiger partial charge < -0.3 is 0 Å². The van der Waals surface area contributed by atoms with E-state index in [1.807, 2.05) is 18.2 Å². The third kappa shape index (κ3) is 9.58. The molecule has 0 aliphatic carbocycles. The Balaban J connectivity index is 2.76. The van der Waals surface area contributed by atoms with Gasteiger partial charge in [-0.05, 0) is 36.8 Å². The van der Waals surface area contributed by atoms with Gasteiger partial charge >= 0.3 is 0 Å². The number of unbranched alkanes of at least 4 members (excludes halogenated alkanes) is 6. The molecule has 0 unspecified atom stereocenters. The van der Waals surface area contributed by atoms with E-state index in [-0.39, 0.29) is 5.25 Å². The van der Waals surface area contributed by atoms with Crippen molar-refractivity contribution in [3.63, 3.8) is 0 Å². The summed E-state index contributed by atoms with van der Waals surface area (Å²) in [4.78, 5) is 0.497. The zero-order chi connectivity index (χ0) is 20.8. The summed E-state index contributed by atoms with van der Waals surface area (Å²) in [5.74, 6) is 0.931. The molecule has 1 rings (SSSR count). The summed E-state index contributed by atoms with van der Waals surface area (Å²) < 4.78 is 26.7. The average Bonchev–Trinajstić information content (AvgIpc) is 2.69. The van der Waals surface area contributed by atoms with E-state index in [0.29, 0.717) is 16.7 Å². The van der Waals surface area contributed by atoms with Crippen molar-refractivity contribution in [1.82, 2.24) is 0 Å². The normalized spacial score (nSPS) is 14.3. The van der Waals surface area contributed by atoms with Crippen molar-refractivity contribution in [2.24, 2.45) is 11.8 Å². The Morgan fingerprint density at radius 2 is 1.18 bits per heavy atom. The highest BCUT2D eigenvalue weighted by molar-refractivity contribution is 7.92. The lowest BCUT2D eigenvalue weighted by Gasteiger charge is -2.24. The Bertz CT molecular complexity index is 574. The van der Waals surface area contributed by atoms with E-state index in [2.05, 4.69) is 27.7 Å². The Hall–Kier alpha value is -0.830. The minimum atomic E-state index is -3.26. The maximum atomic E-state index is 13.4. The second-order valence-electron chi connectivity index (χ2n) is 8.86. The summed E-state index contributed by atoms with van der Waals surface area (Å²) in [5.41, 5.74) is 0. The van der Waals surface area contributed by atoms with Gasteiger partial charge in [-0.2, -0.15) is 0 Å². The first-order chi connectivity index (χ1) is 13.4. The molecule has 0 heterocycles. The van der Waals surface area contributed by atoms with Crippen molar-refractivity contribution in [1.29, 1.82) is 0 Å². The predicted octanol–water partition coefficient (Wildman–Crippen LogP) is 7.82. The van der Waals surface area contributed by atoms with Crippen molar-refractivity contribution in [3.05, 3.63) is 30.3 Å². The van der Waals surface area contributed by atoms with Crippen LogP contribution in [0.5, 0.6) is 0 Å². The summed E-state index contributed by atoms with van der Waals surface area (Å²) in [6, 6.07) is 9.10. The lowest BCUT2D eigenvalue weighted by Crippen LogP contribution is -2.26. The minimum Gasteiger partial charge on any atom is -0.223 e. The van der Waals surface area contributed by atoms with Gasteiger partial charge in [-0.3, -0.25) is 0 Å². The summed E-state index contributed by atoms with van der Waals surface area (Å²) in [5, 5.41) is -0.253. The van der Waals surface area contributed by atoms with Crippen LogP contribution in [0.4, 0.5) is 0 Å². The molecule has 0 aliphatic heterocycles. The van der Waals surface area contributed by atoms with Crippen LogP contribution in [-0.2, 0) is 9.84 Å². The van der Waals surface area contributed by atoms with E-state index in [0.717, 1.165) is 25.7 Å². The number of hydrogen-bond donors (Lipinski definition) is 0. The van der Waals surface area contributed by atoms with Gasteiger partial charge in [-0.15, -0.1) is 0 Å². The molecule has 1 aromatic rings. The van der Waals surface area contributed by atoms with Crippen LogP contribution >= 0.6 is 0 Å². The highest BCUT2D eigenvalue weighted by atomic mass is 32.2. The lowest BCUT2D eigenvalue weighted by molar-refractivity contribution is 0.389. The molecule has 2 atom stereocenters. The van der Waals surface area contributed by atoms with Gasteiger partial charge in [0.1, 0.15) is 0 Å². The third-order valence-corrected chi connectivity index (χ3v) is 8.13. The summed E-state index contributed by atoms with van der Waals surface area (Å²) in [6.07, 6.45) is 13.9. The zero-order valence-corrected chi connectivity index (χ0v) is 19.6. The molecule has 0 amide bonds. The van der Waals surface area contributed by atoms with Crippen LogP contribution in [0.1, 0.15) is 105 Å². The molecule has 0 N–H and O–H groups in total. The molecular weight excluding hydrogens is 364 g/mol. The van der Waals surface area contributed by atoms with Crippen LogP contribution in [0, 0.1) is 11.8 Å². The molecule has 1 aromatic carbocycles. The molecule has 0 spiro atoms. The van der Waals surface area contributed by atoms with Gasteiger partial charge in [0.15, 0.2) is 9.84 Å². The van der Waals surface area contributed by atoms with E-state index in [9.17, 15) is 8.42 Å². The van der Waals surface area contributed by atoms with Crippen LogP contribution in [0.2, 0.25) is 0 Å². The fraction of sp³-hybridized carbons (Fsp3) is 0.760. The molecule has 2 nitrogen and oxygen atoms in total. The minimum absolute atomic E-state index is 0.253. The van der Waals surface area contributed by atoms with E-state index in [4.69, 9.17) is 0 Å². The molecule has 0 saturated carbocycles. The van der Waals surface area contributed by atoms with Crippen molar-refractivity contribution in [2.45, 2.75) is 115 Å². The van der Waals surface area contributed by atoms with Gasteiger partial charge in [0.2, 0.25) is 0 Å². The largest absolute Gasteiger partial charge is 0.223 e. The van der Waals surface area contributed by atoms with Gasteiger partial charge in [-0.25, -0.2) is 8.42 Å². The number of rotatable bonds is 16. The zero-order valence-electron chi connectivity index (χ0n) is 18.8. The average molecular weight is 409 g/mol. The van der Waals surface area contributed by atoms with Crippen LogP contribution < -0.4 is 0 Å². The van der Waals surface area contributed by atoms with Crippen molar-refractivity contribution >= 4 is 9.84 Å². The topological polar surface area (TPSA) is 34.1 Å². The van der Waals surface area contributed by atoms with Crippen LogP contribution in [0.3, 0.4) is 0 Å². The monoisotopic (exact) mass is 408 g/mol. The van der Waals surface area contributed by atoms with Crippen molar-refractivity contribution in [3.8, 4) is 0 Å². The molecule has 0 aromatic heterocycles. The van der Waals surface area contributed by atoms with Crippen molar-refractivity contribution < 1.29 is 8.42 Å². The number of sulfone groups is 1. The SMILES string of the molecule is CCCCCC[C@H](C)CC(C[C@@H](C)CCCCCC)S(=O)(=O)c1ccccc1. The first kappa shape index (κ1) is 25.2. The van der Waals surface area contributed by atoms with Gasteiger partial charge in [0.25, 0.3) is 0 Å². The van der Waals surface area contributed by atoms with Crippen LogP contribution in [0.15, 0.2) is 35.2 Å². The maximum absolute atomic E-state index is 13.4. The number of benzene rings is 1. The van der Waals surface area contributed by atoms with E-state index in [1.54, 1.807) is 12.1 Å². The fourth-order valence-electron chi connectivity index (χ4n) is 4.12. The highest BCUT2D eigenvalue weighted by Gasteiger charge is 2.30. The Morgan fingerprint density at radius 1 is 0.714 bits per heavy atom. The Kier molecular flexibility index (Phi) is 12.8. The second kappa shape index (κ2) is 14.2. The van der Waals surface area contributed by atoms with E-state index >= 15 is 0 Å². The third-order valence-electron chi connectivity index (χ3n) is 5.94. The van der Waals surface area contributed by atoms with Gasteiger partial charge in [-0.1, -0.05) is 110 Å². The van der Waals surface area contributed by atoms with Crippen LogP contribution in [0.25, 0.3) is 0 Å². The van der Waals surface area contributed by atoms with Crippen molar-refractivity contribution in [2.75, 3.05) is 0 Å². The molecular formula is C25H44O2S. The van der Waals surface area contributed by atoms with Gasteiger partial charge in [0, 0.05) is 0 Å². The van der Waals surface area contributed by atoms with E-state index < -0.39 is 9.84 Å². The van der Waals surface area contributed by atoms with E-state index in [1.165, 1.54) is 51.4 Å². The number of hydrogen-bond acceptors (Lipinski definition) is 2. The molecule has 0 saturated heterocycles. The molecule has 162 valence electrons. The summed E-state index contributed by atoms with van der Waals surface area (Å²) in [6.45, 7) is 8.94. The summed E-state index contributed by atoms with van der Waals surface area (Å²) in [7, 11) is -3.26. The quantitative estimate of drug-likeness (QED) is 0.261. The smallest absolute Gasteiger partial charge is 0.181 e. The first-order valence-electron chi connectivity index (χ1n) is 11.7. The molecule has 0 aliphatic rings. The predicted molar refractivity (Wildman–Crippen MR) is 122 cm³/mol. The Morgan fingerprint density at radius 3 is 1.61 bits per heavy atom. The van der Waals surface area contributed by atoms with Gasteiger partial charge in [0.05, 0.1) is 10.1 Å². The van der Waals surface area contributed by atoms with Crippen LogP contribution in [-0.4, -0.2) is 13.7 Å². The maximum Gasteiger partial charge on any atom is 0.181 e. The highest BCUT2D eigenvalue weighted by Crippen LogP contribution is 2.30. The second-order valence-corrected chi connectivity index (χ2v) is 11.1. The standard InChI is InChI=1S/C25H44O2S/c1-5-7-9-12-16-22(3)20-25(21-23(4)17-13-10-8-6-2)28(26,27)24-18-14-11-15-19-24/h11,14-15,18-19,22-23,25H,5-10,12-13,16-17,20-21H2,1-4H3/t22-,23-/m0/s1. The molecule has 0 fully saturated rings. The fourth-order valence-corrected chi connectivity index (χ4v) is 6.21.